The second kappa shape index (κ2) is 7.24. The summed E-state index contributed by atoms with van der Waals surface area (Å²) in [6.45, 7) is 10.4. The maximum Gasteiger partial charge on any atom is 0.0448 e. The number of rotatable bonds is 8. The van der Waals surface area contributed by atoms with E-state index in [0.29, 0.717) is 0 Å². The van der Waals surface area contributed by atoms with Gasteiger partial charge in [0.25, 0.3) is 0 Å². The fourth-order valence-corrected chi connectivity index (χ4v) is 1.67. The van der Waals surface area contributed by atoms with Crippen LogP contribution in [0.4, 0.5) is 0 Å². The number of unbranched alkanes of at least 4 members (excludes halogenated alkanes) is 1. The number of aliphatic hydroxyl groups is 1. The van der Waals surface area contributed by atoms with Crippen LogP contribution in [0.1, 0.15) is 53.4 Å². The third-order valence-corrected chi connectivity index (χ3v) is 3.28. The van der Waals surface area contributed by atoms with Gasteiger partial charge in [-0.3, -0.25) is 0 Å². The summed E-state index contributed by atoms with van der Waals surface area (Å²) < 4.78 is 0. The average molecular weight is 215 g/mol. The second-order valence-electron chi connectivity index (χ2n) is 5.60. The van der Waals surface area contributed by atoms with Crippen molar-refractivity contribution in [1.29, 1.82) is 0 Å². The lowest BCUT2D eigenvalue weighted by atomic mass is 9.98. The lowest BCUT2D eigenvalue weighted by Crippen LogP contribution is -2.42. The molecule has 0 aliphatic rings. The molecule has 92 valence electrons. The Bertz CT molecular complexity index is 155. The predicted octanol–water partition coefficient (Wildman–Crippen LogP) is 2.91. The summed E-state index contributed by atoms with van der Waals surface area (Å²) in [4.78, 5) is 2.36. The average Bonchev–Trinajstić information content (AvgIpc) is 2.11. The minimum Gasteiger partial charge on any atom is -0.396 e. The molecule has 0 saturated carbocycles. The van der Waals surface area contributed by atoms with Crippen molar-refractivity contribution in [2.24, 2.45) is 5.92 Å². The first kappa shape index (κ1) is 14.9. The molecule has 0 amide bonds. The van der Waals surface area contributed by atoms with Crippen molar-refractivity contribution in [2.45, 2.75) is 58.9 Å². The van der Waals surface area contributed by atoms with E-state index in [9.17, 15) is 0 Å². The van der Waals surface area contributed by atoms with Gasteiger partial charge in [-0.05, 0) is 46.2 Å². The molecule has 2 nitrogen and oxygen atoms in total. The summed E-state index contributed by atoms with van der Waals surface area (Å²) in [6.07, 6.45) is 4.77. The van der Waals surface area contributed by atoms with Gasteiger partial charge in [-0.15, -0.1) is 0 Å². The molecule has 0 aromatic rings. The van der Waals surface area contributed by atoms with Gasteiger partial charge in [-0.2, -0.15) is 0 Å². The van der Waals surface area contributed by atoms with Gasteiger partial charge in [0, 0.05) is 12.1 Å². The molecule has 0 atom stereocenters. The number of hydrogen-bond acceptors (Lipinski definition) is 2. The van der Waals surface area contributed by atoms with E-state index in [2.05, 4.69) is 39.6 Å². The summed E-state index contributed by atoms with van der Waals surface area (Å²) in [7, 11) is 2.16. The maximum absolute atomic E-state index is 8.97. The van der Waals surface area contributed by atoms with E-state index in [1.54, 1.807) is 0 Å². The van der Waals surface area contributed by atoms with Crippen molar-refractivity contribution >= 4 is 0 Å². The topological polar surface area (TPSA) is 23.5 Å². The fraction of sp³-hybridized carbons (Fsp3) is 1.00. The molecule has 0 radical (unpaired) electrons. The fourth-order valence-electron chi connectivity index (χ4n) is 1.67. The van der Waals surface area contributed by atoms with Crippen molar-refractivity contribution in [3.8, 4) is 0 Å². The maximum atomic E-state index is 8.97. The van der Waals surface area contributed by atoms with Crippen LogP contribution in [0, 0.1) is 5.92 Å². The van der Waals surface area contributed by atoms with Gasteiger partial charge in [0.05, 0.1) is 0 Å². The molecule has 2 heteroatoms. The van der Waals surface area contributed by atoms with Crippen LogP contribution in [0.3, 0.4) is 0 Å². The lowest BCUT2D eigenvalue weighted by Gasteiger charge is -2.35. The molecule has 0 bridgehead atoms. The van der Waals surface area contributed by atoms with Crippen LogP contribution in [0.15, 0.2) is 0 Å². The zero-order chi connectivity index (χ0) is 11.9. The van der Waals surface area contributed by atoms with Crippen molar-refractivity contribution in [3.05, 3.63) is 0 Å². The van der Waals surface area contributed by atoms with Crippen LogP contribution >= 0.6 is 0 Å². The first-order valence-corrected chi connectivity index (χ1v) is 6.22. The molecule has 0 rings (SSSR count). The first-order valence-electron chi connectivity index (χ1n) is 6.22. The molecular formula is C13H29NO. The molecular weight excluding hydrogens is 186 g/mol. The number of nitrogens with zero attached hydrogens (tertiary/aromatic N) is 1. The third-order valence-electron chi connectivity index (χ3n) is 3.28. The van der Waals surface area contributed by atoms with Gasteiger partial charge in [0.1, 0.15) is 0 Å². The van der Waals surface area contributed by atoms with Crippen molar-refractivity contribution < 1.29 is 5.11 Å². The molecule has 0 saturated heterocycles. The summed E-state index contributed by atoms with van der Waals surface area (Å²) in [5, 5.41) is 8.97. The molecule has 15 heavy (non-hydrogen) atoms. The molecule has 0 unspecified atom stereocenters. The molecule has 0 spiro atoms. The van der Waals surface area contributed by atoms with Crippen LogP contribution in [-0.4, -0.2) is 35.7 Å². The van der Waals surface area contributed by atoms with E-state index in [1.807, 2.05) is 0 Å². The highest BCUT2D eigenvalue weighted by Crippen LogP contribution is 2.17. The Morgan fingerprint density at radius 2 is 1.80 bits per heavy atom. The summed E-state index contributed by atoms with van der Waals surface area (Å²) >= 11 is 0. The Morgan fingerprint density at radius 1 is 1.20 bits per heavy atom. The minimum absolute atomic E-state index is 0.132. The molecule has 0 aliphatic carbocycles. The SMILES string of the molecule is CC(C)CCCCN(C)C(C)(C)CCO. The van der Waals surface area contributed by atoms with Crippen molar-refractivity contribution in [2.75, 3.05) is 20.2 Å². The number of hydrogen-bond donors (Lipinski definition) is 1. The highest BCUT2D eigenvalue weighted by molar-refractivity contribution is 4.78. The molecule has 0 aliphatic heterocycles. The molecule has 0 fully saturated rings. The van der Waals surface area contributed by atoms with E-state index in [1.165, 1.54) is 19.3 Å². The zero-order valence-electron chi connectivity index (χ0n) is 11.2. The Labute approximate surface area is 95.7 Å². The van der Waals surface area contributed by atoms with E-state index in [-0.39, 0.29) is 12.1 Å². The van der Waals surface area contributed by atoms with Crippen LogP contribution < -0.4 is 0 Å². The van der Waals surface area contributed by atoms with Crippen LogP contribution in [-0.2, 0) is 0 Å². The van der Waals surface area contributed by atoms with E-state index < -0.39 is 0 Å². The Kier molecular flexibility index (Phi) is 7.20. The van der Waals surface area contributed by atoms with Crippen LogP contribution in [0.2, 0.25) is 0 Å². The summed E-state index contributed by atoms with van der Waals surface area (Å²) in [5.74, 6) is 0.820. The lowest BCUT2D eigenvalue weighted by molar-refractivity contribution is 0.114. The quantitative estimate of drug-likeness (QED) is 0.629. The normalized spacial score (nSPS) is 12.8. The Morgan fingerprint density at radius 3 is 2.27 bits per heavy atom. The van der Waals surface area contributed by atoms with Crippen molar-refractivity contribution in [3.63, 3.8) is 0 Å². The predicted molar refractivity (Wildman–Crippen MR) is 67.1 cm³/mol. The van der Waals surface area contributed by atoms with Crippen molar-refractivity contribution in [1.82, 2.24) is 4.90 Å². The smallest absolute Gasteiger partial charge is 0.0448 e. The first-order chi connectivity index (χ1) is 6.90. The molecule has 0 aromatic carbocycles. The minimum atomic E-state index is 0.132. The van der Waals surface area contributed by atoms with Gasteiger partial charge in [-0.1, -0.05) is 26.7 Å². The van der Waals surface area contributed by atoms with Gasteiger partial charge in [0.15, 0.2) is 0 Å². The van der Waals surface area contributed by atoms with Gasteiger partial charge in [-0.25, -0.2) is 0 Å². The van der Waals surface area contributed by atoms with Gasteiger partial charge >= 0.3 is 0 Å². The highest BCUT2D eigenvalue weighted by atomic mass is 16.3. The van der Waals surface area contributed by atoms with Crippen LogP contribution in [0.25, 0.3) is 0 Å². The molecule has 1 N–H and O–H groups in total. The Hall–Kier alpha value is -0.0800. The Balaban J connectivity index is 3.68. The summed E-state index contributed by atoms with van der Waals surface area (Å²) in [5.41, 5.74) is 0.132. The van der Waals surface area contributed by atoms with Gasteiger partial charge < -0.3 is 10.0 Å². The van der Waals surface area contributed by atoms with E-state index in [0.717, 1.165) is 18.9 Å². The summed E-state index contributed by atoms with van der Waals surface area (Å²) in [6, 6.07) is 0. The van der Waals surface area contributed by atoms with Crippen LogP contribution in [0.5, 0.6) is 0 Å². The largest absolute Gasteiger partial charge is 0.396 e. The standard InChI is InChI=1S/C13H29NO/c1-12(2)8-6-7-10-14(5)13(3,4)9-11-15/h12,15H,6-11H2,1-5H3. The number of aliphatic hydroxyl groups excluding tert-OH is 1. The van der Waals surface area contributed by atoms with Gasteiger partial charge in [0.2, 0.25) is 0 Å². The monoisotopic (exact) mass is 215 g/mol. The molecule has 0 heterocycles. The molecule has 0 aromatic heterocycles. The zero-order valence-corrected chi connectivity index (χ0v) is 11.2. The highest BCUT2D eigenvalue weighted by Gasteiger charge is 2.21. The van der Waals surface area contributed by atoms with E-state index in [4.69, 9.17) is 5.11 Å². The third kappa shape index (κ3) is 6.91. The second-order valence-corrected chi connectivity index (χ2v) is 5.60. The van der Waals surface area contributed by atoms with E-state index >= 15 is 0 Å².